The Kier molecular flexibility index (Phi) is 2.17. The molecule has 2 unspecified atom stereocenters. The van der Waals surface area contributed by atoms with Gasteiger partial charge in [-0.1, -0.05) is 0 Å². The normalized spacial score (nSPS) is 29.5. The van der Waals surface area contributed by atoms with Crippen molar-refractivity contribution < 1.29 is 4.79 Å². The average molecular weight is 224 g/mol. The Morgan fingerprint density at radius 2 is 2.20 bits per heavy atom. The fraction of sp³-hybridized carbons (Fsp3) is 0.667. The number of fused-ring (bicyclic) bond motifs is 1. The van der Waals surface area contributed by atoms with Crippen LogP contribution in [-0.2, 0) is 0 Å². The van der Waals surface area contributed by atoms with Gasteiger partial charge in [0.05, 0.1) is 0 Å². The Morgan fingerprint density at radius 1 is 1.47 bits per heavy atom. The van der Waals surface area contributed by atoms with Crippen LogP contribution in [0.5, 0.6) is 0 Å². The Morgan fingerprint density at radius 3 is 2.80 bits per heavy atom. The summed E-state index contributed by atoms with van der Waals surface area (Å²) in [7, 11) is 0. The van der Waals surface area contributed by atoms with Crippen LogP contribution >= 0.6 is 11.5 Å². The molecule has 2 aliphatic heterocycles. The van der Waals surface area contributed by atoms with Crippen molar-refractivity contribution in [3.05, 3.63) is 11.3 Å². The summed E-state index contributed by atoms with van der Waals surface area (Å²) >= 11 is 1.23. The molecule has 0 saturated carbocycles. The molecule has 80 valence electrons. The molecule has 6 heteroatoms. The molecular weight excluding hydrogens is 212 g/mol. The van der Waals surface area contributed by atoms with Gasteiger partial charge in [-0.25, -0.2) is 4.98 Å². The lowest BCUT2D eigenvalue weighted by atomic mass is 10.0. The van der Waals surface area contributed by atoms with Crippen molar-refractivity contribution in [2.45, 2.75) is 0 Å². The molecule has 2 atom stereocenters. The number of hydrogen-bond acceptors (Lipinski definition) is 5. The van der Waals surface area contributed by atoms with Crippen LogP contribution in [-0.4, -0.2) is 46.3 Å². The van der Waals surface area contributed by atoms with Crippen molar-refractivity contribution in [1.29, 1.82) is 0 Å². The predicted molar refractivity (Wildman–Crippen MR) is 55.7 cm³/mol. The number of hydrogen-bond donors (Lipinski definition) is 1. The van der Waals surface area contributed by atoms with Gasteiger partial charge in [0, 0.05) is 26.2 Å². The highest BCUT2D eigenvalue weighted by molar-refractivity contribution is 7.03. The molecule has 1 N–H and O–H groups in total. The summed E-state index contributed by atoms with van der Waals surface area (Å²) in [5.74, 6) is 1.61. The minimum atomic E-state index is -0.00866. The molecule has 0 bridgehead atoms. The van der Waals surface area contributed by atoms with Gasteiger partial charge in [-0.2, -0.15) is 4.37 Å². The first-order valence-corrected chi connectivity index (χ1v) is 5.94. The molecule has 1 aromatic rings. The molecular formula is C9H12N4OS. The quantitative estimate of drug-likeness (QED) is 0.719. The van der Waals surface area contributed by atoms with Gasteiger partial charge < -0.3 is 10.2 Å². The maximum Gasteiger partial charge on any atom is 0.292 e. The number of carbonyl (C=O) groups is 1. The highest BCUT2D eigenvalue weighted by atomic mass is 32.1. The van der Waals surface area contributed by atoms with Gasteiger partial charge in [-0.15, -0.1) is 0 Å². The van der Waals surface area contributed by atoms with Crippen LogP contribution < -0.4 is 5.32 Å². The van der Waals surface area contributed by atoms with Crippen molar-refractivity contribution in [1.82, 2.24) is 19.6 Å². The van der Waals surface area contributed by atoms with Crippen molar-refractivity contribution in [2.75, 3.05) is 26.2 Å². The lowest BCUT2D eigenvalue weighted by molar-refractivity contribution is 0.0771. The first kappa shape index (κ1) is 9.23. The Balaban J connectivity index is 1.72. The summed E-state index contributed by atoms with van der Waals surface area (Å²) in [4.78, 5) is 17.8. The molecule has 1 aromatic heterocycles. The summed E-state index contributed by atoms with van der Waals surface area (Å²) in [6, 6.07) is 0. The number of likely N-dealkylation sites (tertiary alicyclic amines) is 1. The van der Waals surface area contributed by atoms with Gasteiger partial charge in [0.25, 0.3) is 5.91 Å². The van der Waals surface area contributed by atoms with Crippen LogP contribution in [0.15, 0.2) is 5.51 Å². The van der Waals surface area contributed by atoms with Gasteiger partial charge in [0.1, 0.15) is 5.51 Å². The van der Waals surface area contributed by atoms with E-state index in [1.807, 2.05) is 4.90 Å². The van der Waals surface area contributed by atoms with E-state index in [9.17, 15) is 4.79 Å². The van der Waals surface area contributed by atoms with E-state index < -0.39 is 0 Å². The van der Waals surface area contributed by atoms with Crippen molar-refractivity contribution in [3.8, 4) is 0 Å². The lowest BCUT2D eigenvalue weighted by Gasteiger charge is -2.15. The van der Waals surface area contributed by atoms with E-state index in [4.69, 9.17) is 0 Å². The molecule has 0 spiro atoms. The SMILES string of the molecule is O=C(c1ncsn1)N1CC2CNCC2C1. The van der Waals surface area contributed by atoms with Gasteiger partial charge in [0.15, 0.2) is 0 Å². The van der Waals surface area contributed by atoms with E-state index in [0.717, 1.165) is 26.2 Å². The second kappa shape index (κ2) is 3.53. The Labute approximate surface area is 91.7 Å². The third-order valence-electron chi connectivity index (χ3n) is 3.23. The average Bonchev–Trinajstić information content (AvgIpc) is 2.92. The van der Waals surface area contributed by atoms with E-state index in [-0.39, 0.29) is 5.91 Å². The third kappa shape index (κ3) is 1.53. The number of nitrogens with one attached hydrogen (secondary N) is 1. The molecule has 2 saturated heterocycles. The molecule has 2 aliphatic rings. The number of aromatic nitrogens is 2. The first-order valence-electron chi connectivity index (χ1n) is 5.11. The molecule has 0 aliphatic carbocycles. The van der Waals surface area contributed by atoms with E-state index >= 15 is 0 Å². The summed E-state index contributed by atoms with van der Waals surface area (Å²) in [6.45, 7) is 3.79. The summed E-state index contributed by atoms with van der Waals surface area (Å²) in [6.07, 6.45) is 0. The maximum atomic E-state index is 11.9. The molecule has 1 amide bonds. The summed E-state index contributed by atoms with van der Waals surface area (Å²) in [5, 5.41) is 3.35. The number of rotatable bonds is 1. The first-order chi connectivity index (χ1) is 7.34. The van der Waals surface area contributed by atoms with Crippen molar-refractivity contribution in [2.24, 2.45) is 11.8 Å². The van der Waals surface area contributed by atoms with Gasteiger partial charge in [-0.3, -0.25) is 4.79 Å². The van der Waals surface area contributed by atoms with E-state index in [2.05, 4.69) is 14.7 Å². The molecule has 15 heavy (non-hydrogen) atoms. The van der Waals surface area contributed by atoms with Crippen molar-refractivity contribution >= 4 is 17.4 Å². The zero-order valence-electron chi connectivity index (χ0n) is 8.22. The van der Waals surface area contributed by atoms with Crippen molar-refractivity contribution in [3.63, 3.8) is 0 Å². The van der Waals surface area contributed by atoms with Crippen LogP contribution in [0, 0.1) is 11.8 Å². The zero-order valence-corrected chi connectivity index (χ0v) is 9.04. The molecule has 0 radical (unpaired) electrons. The van der Waals surface area contributed by atoms with Crippen LogP contribution in [0.25, 0.3) is 0 Å². The predicted octanol–water partition coefficient (Wildman–Crippen LogP) is -0.171. The van der Waals surface area contributed by atoms with E-state index in [1.165, 1.54) is 11.5 Å². The topological polar surface area (TPSA) is 58.1 Å². The second-order valence-corrected chi connectivity index (χ2v) is 4.75. The van der Waals surface area contributed by atoms with Crippen LogP contribution in [0.3, 0.4) is 0 Å². The molecule has 3 heterocycles. The summed E-state index contributed by atoms with van der Waals surface area (Å²) < 4.78 is 3.98. The Bertz CT molecular complexity index is 354. The highest BCUT2D eigenvalue weighted by Gasteiger charge is 2.38. The summed E-state index contributed by atoms with van der Waals surface area (Å²) in [5.41, 5.74) is 1.60. The molecule has 0 aromatic carbocycles. The second-order valence-electron chi connectivity index (χ2n) is 4.14. The van der Waals surface area contributed by atoms with E-state index in [1.54, 1.807) is 5.51 Å². The largest absolute Gasteiger partial charge is 0.335 e. The third-order valence-corrected chi connectivity index (χ3v) is 3.71. The van der Waals surface area contributed by atoms with Crippen LogP contribution in [0.4, 0.5) is 0 Å². The lowest BCUT2D eigenvalue weighted by Crippen LogP contribution is -2.32. The molecule has 3 rings (SSSR count). The van der Waals surface area contributed by atoms with Crippen LogP contribution in [0.2, 0.25) is 0 Å². The monoisotopic (exact) mass is 224 g/mol. The fourth-order valence-electron chi connectivity index (χ4n) is 2.43. The van der Waals surface area contributed by atoms with Crippen LogP contribution in [0.1, 0.15) is 10.6 Å². The minimum absolute atomic E-state index is 0.00866. The molecule has 2 fully saturated rings. The standard InChI is InChI=1S/C9H12N4OS/c14-9(8-11-5-15-12-8)13-3-6-1-10-2-7(6)4-13/h5-7,10H,1-4H2. The maximum absolute atomic E-state index is 11.9. The number of amides is 1. The number of carbonyl (C=O) groups excluding carboxylic acids is 1. The van der Waals surface area contributed by atoms with E-state index in [0.29, 0.717) is 17.7 Å². The fourth-order valence-corrected chi connectivity index (χ4v) is 2.85. The molecule has 5 nitrogen and oxygen atoms in total. The minimum Gasteiger partial charge on any atom is -0.335 e. The Hall–Kier alpha value is -1.01. The number of nitrogens with zero attached hydrogens (tertiary/aromatic N) is 3. The van der Waals surface area contributed by atoms with Gasteiger partial charge in [-0.05, 0) is 23.4 Å². The zero-order chi connectivity index (χ0) is 10.3. The highest BCUT2D eigenvalue weighted by Crippen LogP contribution is 2.26. The van der Waals surface area contributed by atoms with Gasteiger partial charge >= 0.3 is 0 Å². The smallest absolute Gasteiger partial charge is 0.292 e. The van der Waals surface area contributed by atoms with Gasteiger partial charge in [0.2, 0.25) is 5.82 Å².